The standard InChI is InChI=1S/C23H19F3O4/c1-11-10-18(29-22(28)14-4-6-15(7-5-14)23(24,25)26)13(3)19-16(11)8-9-17-12(2)21(27)30-20(17)19/h4-7,10,17,20H,2,8-9H2,1,3H3/t17-,20+/m0/s1. The highest BCUT2D eigenvalue weighted by Gasteiger charge is 2.44. The summed E-state index contributed by atoms with van der Waals surface area (Å²) in [5.74, 6) is -0.984. The predicted octanol–water partition coefficient (Wildman–Crippen LogP) is 5.26. The Hall–Kier alpha value is -3.09. The molecule has 156 valence electrons. The van der Waals surface area contributed by atoms with Crippen molar-refractivity contribution in [3.63, 3.8) is 0 Å². The van der Waals surface area contributed by atoms with Crippen LogP contribution in [-0.2, 0) is 22.1 Å². The number of halogens is 3. The van der Waals surface area contributed by atoms with Crippen molar-refractivity contribution in [2.45, 2.75) is 39.0 Å². The molecule has 4 rings (SSSR count). The average molecular weight is 416 g/mol. The number of aryl methyl sites for hydroxylation is 1. The highest BCUT2D eigenvalue weighted by molar-refractivity contribution is 5.92. The topological polar surface area (TPSA) is 52.6 Å². The first-order valence-corrected chi connectivity index (χ1v) is 9.50. The van der Waals surface area contributed by atoms with Crippen LogP contribution in [0.1, 0.15) is 50.7 Å². The van der Waals surface area contributed by atoms with Crippen molar-refractivity contribution in [3.05, 3.63) is 75.9 Å². The zero-order chi connectivity index (χ0) is 21.8. The monoisotopic (exact) mass is 416 g/mol. The lowest BCUT2D eigenvalue weighted by Gasteiger charge is -2.30. The summed E-state index contributed by atoms with van der Waals surface area (Å²) in [6, 6.07) is 5.60. The minimum absolute atomic E-state index is 0.0105. The Kier molecular flexibility index (Phi) is 4.71. The molecule has 2 aromatic carbocycles. The van der Waals surface area contributed by atoms with Gasteiger partial charge in [0, 0.05) is 17.1 Å². The lowest BCUT2D eigenvalue weighted by Crippen LogP contribution is -2.21. The van der Waals surface area contributed by atoms with E-state index in [9.17, 15) is 22.8 Å². The Labute approximate surface area is 171 Å². The minimum Gasteiger partial charge on any atom is -0.453 e. The molecule has 1 saturated heterocycles. The van der Waals surface area contributed by atoms with Crippen LogP contribution in [0.15, 0.2) is 42.5 Å². The van der Waals surface area contributed by atoms with E-state index in [0.29, 0.717) is 16.9 Å². The van der Waals surface area contributed by atoms with Gasteiger partial charge < -0.3 is 9.47 Å². The van der Waals surface area contributed by atoms with Crippen molar-refractivity contribution in [1.82, 2.24) is 0 Å². The number of ether oxygens (including phenoxy) is 2. The van der Waals surface area contributed by atoms with Gasteiger partial charge in [-0.15, -0.1) is 0 Å². The molecule has 1 aliphatic carbocycles. The SMILES string of the molecule is C=C1C(=O)O[C@H]2c3c(C)c(OC(=O)c4ccc(C(F)(F)F)cc4)cc(C)c3CC[C@@H]12. The van der Waals surface area contributed by atoms with E-state index in [2.05, 4.69) is 6.58 Å². The van der Waals surface area contributed by atoms with Crippen LogP contribution >= 0.6 is 0 Å². The quantitative estimate of drug-likeness (QED) is 0.381. The first-order valence-electron chi connectivity index (χ1n) is 9.50. The van der Waals surface area contributed by atoms with Crippen molar-refractivity contribution < 1.29 is 32.2 Å². The van der Waals surface area contributed by atoms with Crippen LogP contribution in [0.25, 0.3) is 0 Å². The van der Waals surface area contributed by atoms with Crippen LogP contribution in [0.5, 0.6) is 5.75 Å². The maximum absolute atomic E-state index is 12.7. The molecule has 2 aliphatic rings. The summed E-state index contributed by atoms with van der Waals surface area (Å²) in [7, 11) is 0. The van der Waals surface area contributed by atoms with E-state index < -0.39 is 29.8 Å². The van der Waals surface area contributed by atoms with Gasteiger partial charge in [-0.25, -0.2) is 9.59 Å². The Morgan fingerprint density at radius 1 is 1.20 bits per heavy atom. The summed E-state index contributed by atoms with van der Waals surface area (Å²) in [6.45, 7) is 7.51. The van der Waals surface area contributed by atoms with Crippen LogP contribution in [0.3, 0.4) is 0 Å². The van der Waals surface area contributed by atoms with Gasteiger partial charge in [0.05, 0.1) is 11.1 Å². The number of benzene rings is 2. The normalized spacial score (nSPS) is 20.4. The van der Waals surface area contributed by atoms with Crippen molar-refractivity contribution in [2.75, 3.05) is 0 Å². The summed E-state index contributed by atoms with van der Waals surface area (Å²) in [4.78, 5) is 24.5. The fraction of sp³-hybridized carbons (Fsp3) is 0.304. The number of hydrogen-bond donors (Lipinski definition) is 0. The van der Waals surface area contributed by atoms with Crippen molar-refractivity contribution >= 4 is 11.9 Å². The van der Waals surface area contributed by atoms with Gasteiger partial charge in [0.2, 0.25) is 0 Å². The van der Waals surface area contributed by atoms with Gasteiger partial charge in [0.1, 0.15) is 11.9 Å². The molecule has 0 unspecified atom stereocenters. The van der Waals surface area contributed by atoms with Gasteiger partial charge in [0.25, 0.3) is 0 Å². The molecule has 0 radical (unpaired) electrons. The molecule has 0 N–H and O–H groups in total. The van der Waals surface area contributed by atoms with E-state index in [-0.39, 0.29) is 11.5 Å². The Bertz CT molecular complexity index is 1070. The third-order valence-corrected chi connectivity index (χ3v) is 5.87. The van der Waals surface area contributed by atoms with E-state index in [1.54, 1.807) is 13.0 Å². The molecule has 1 fully saturated rings. The Morgan fingerprint density at radius 3 is 2.50 bits per heavy atom. The fourth-order valence-electron chi connectivity index (χ4n) is 4.23. The van der Waals surface area contributed by atoms with E-state index in [0.717, 1.165) is 53.8 Å². The number of hydrogen-bond acceptors (Lipinski definition) is 4. The van der Waals surface area contributed by atoms with Crippen LogP contribution in [0.2, 0.25) is 0 Å². The average Bonchev–Trinajstić information content (AvgIpc) is 2.99. The number of esters is 2. The third kappa shape index (κ3) is 3.28. The molecule has 0 spiro atoms. The number of alkyl halides is 3. The third-order valence-electron chi connectivity index (χ3n) is 5.87. The highest BCUT2D eigenvalue weighted by Crippen LogP contribution is 2.49. The second kappa shape index (κ2) is 7.00. The highest BCUT2D eigenvalue weighted by atomic mass is 19.4. The molecule has 0 saturated carbocycles. The van der Waals surface area contributed by atoms with Gasteiger partial charge in [-0.1, -0.05) is 6.58 Å². The van der Waals surface area contributed by atoms with Crippen LogP contribution in [-0.4, -0.2) is 11.9 Å². The van der Waals surface area contributed by atoms with E-state index >= 15 is 0 Å². The first kappa shape index (κ1) is 20.2. The van der Waals surface area contributed by atoms with Crippen LogP contribution in [0, 0.1) is 19.8 Å². The van der Waals surface area contributed by atoms with Crippen molar-refractivity contribution in [2.24, 2.45) is 5.92 Å². The summed E-state index contributed by atoms with van der Waals surface area (Å²) >= 11 is 0. The molecule has 1 heterocycles. The van der Waals surface area contributed by atoms with Gasteiger partial charge in [0.15, 0.2) is 0 Å². The van der Waals surface area contributed by atoms with Gasteiger partial charge in [-0.2, -0.15) is 13.2 Å². The molecule has 1 aliphatic heterocycles. The molecule has 2 aromatic rings. The van der Waals surface area contributed by atoms with Gasteiger partial charge in [-0.05, 0) is 73.7 Å². The second-order valence-electron chi connectivity index (χ2n) is 7.67. The smallest absolute Gasteiger partial charge is 0.416 e. The molecular formula is C23H19F3O4. The summed E-state index contributed by atoms with van der Waals surface area (Å²) < 4.78 is 49.3. The van der Waals surface area contributed by atoms with Gasteiger partial charge >= 0.3 is 18.1 Å². The molecule has 0 aromatic heterocycles. The molecule has 4 nitrogen and oxygen atoms in total. The zero-order valence-electron chi connectivity index (χ0n) is 16.4. The largest absolute Gasteiger partial charge is 0.453 e. The van der Waals surface area contributed by atoms with E-state index in [4.69, 9.17) is 9.47 Å². The van der Waals surface area contributed by atoms with E-state index in [1.165, 1.54) is 0 Å². The fourth-order valence-corrected chi connectivity index (χ4v) is 4.23. The molecular weight excluding hydrogens is 397 g/mol. The first-order chi connectivity index (χ1) is 14.1. The maximum atomic E-state index is 12.7. The maximum Gasteiger partial charge on any atom is 0.416 e. The minimum atomic E-state index is -4.48. The zero-order valence-corrected chi connectivity index (χ0v) is 16.4. The molecule has 0 bridgehead atoms. The molecule has 2 atom stereocenters. The lowest BCUT2D eigenvalue weighted by atomic mass is 9.76. The van der Waals surface area contributed by atoms with Crippen molar-refractivity contribution in [3.8, 4) is 5.75 Å². The lowest BCUT2D eigenvalue weighted by molar-refractivity contribution is -0.140. The number of fused-ring (bicyclic) bond motifs is 3. The molecule has 7 heteroatoms. The molecule has 0 amide bonds. The van der Waals surface area contributed by atoms with E-state index in [1.807, 2.05) is 6.92 Å². The summed E-state index contributed by atoms with van der Waals surface area (Å²) in [5.41, 5.74) is 3.09. The summed E-state index contributed by atoms with van der Waals surface area (Å²) in [5, 5.41) is 0. The summed E-state index contributed by atoms with van der Waals surface area (Å²) in [6.07, 6.45) is -3.43. The number of carbonyl (C=O) groups is 2. The van der Waals surface area contributed by atoms with Crippen LogP contribution < -0.4 is 4.74 Å². The predicted molar refractivity (Wildman–Crippen MR) is 102 cm³/mol. The second-order valence-corrected chi connectivity index (χ2v) is 7.67. The van der Waals surface area contributed by atoms with Crippen LogP contribution in [0.4, 0.5) is 13.2 Å². The Balaban J connectivity index is 1.66. The molecule has 30 heavy (non-hydrogen) atoms. The number of rotatable bonds is 2. The van der Waals surface area contributed by atoms with Gasteiger partial charge in [-0.3, -0.25) is 0 Å². The number of carbonyl (C=O) groups excluding carboxylic acids is 2. The Morgan fingerprint density at radius 2 is 1.87 bits per heavy atom. The van der Waals surface area contributed by atoms with Crippen molar-refractivity contribution in [1.29, 1.82) is 0 Å².